The number of benzene rings is 1. The number of likely N-dealkylation sites (tertiary alicyclic amines) is 1. The maximum atomic E-state index is 4.39. The van der Waals surface area contributed by atoms with Crippen molar-refractivity contribution in [3.05, 3.63) is 36.2 Å². The summed E-state index contributed by atoms with van der Waals surface area (Å²) >= 11 is 0. The van der Waals surface area contributed by atoms with Gasteiger partial charge in [-0.05, 0) is 51.4 Å². The molecule has 0 spiro atoms. The Morgan fingerprint density at radius 3 is 2.80 bits per heavy atom. The molecule has 1 fully saturated rings. The molecule has 1 saturated heterocycles. The van der Waals surface area contributed by atoms with Crippen molar-refractivity contribution < 1.29 is 0 Å². The summed E-state index contributed by atoms with van der Waals surface area (Å²) in [6.07, 6.45) is 4.29. The second-order valence-electron chi connectivity index (χ2n) is 5.44. The van der Waals surface area contributed by atoms with Gasteiger partial charge in [0.25, 0.3) is 0 Å². The third-order valence-corrected chi connectivity index (χ3v) is 4.23. The molecule has 1 aliphatic rings. The minimum atomic E-state index is 0.482. The van der Waals surface area contributed by atoms with Gasteiger partial charge in [0, 0.05) is 18.2 Å². The van der Waals surface area contributed by atoms with Crippen LogP contribution in [-0.2, 0) is 6.54 Å². The molecule has 0 bridgehead atoms. The van der Waals surface area contributed by atoms with Crippen LogP contribution >= 0.6 is 0 Å². The number of aromatic nitrogens is 3. The van der Waals surface area contributed by atoms with Crippen molar-refractivity contribution >= 4 is 0 Å². The molecule has 4 nitrogen and oxygen atoms in total. The van der Waals surface area contributed by atoms with Gasteiger partial charge in [0.15, 0.2) is 5.82 Å². The van der Waals surface area contributed by atoms with E-state index in [0.717, 1.165) is 17.9 Å². The van der Waals surface area contributed by atoms with Gasteiger partial charge in [0.1, 0.15) is 6.33 Å². The molecule has 2 aromatic rings. The number of rotatable bonds is 4. The molecule has 3 rings (SSSR count). The van der Waals surface area contributed by atoms with Crippen molar-refractivity contribution in [3.63, 3.8) is 0 Å². The molecular formula is C16H22N4. The first-order valence-electron chi connectivity index (χ1n) is 7.51. The average Bonchev–Trinajstić information content (AvgIpc) is 3.17. The SMILES string of the molecule is CCn1ncnc1-c1cccc(C(C)N2CCCC2)c1. The lowest BCUT2D eigenvalue weighted by atomic mass is 10.0. The van der Waals surface area contributed by atoms with Gasteiger partial charge in [0.2, 0.25) is 0 Å². The molecule has 0 aliphatic carbocycles. The number of hydrogen-bond donors (Lipinski definition) is 0. The van der Waals surface area contributed by atoms with E-state index in [2.05, 4.69) is 53.1 Å². The molecule has 0 N–H and O–H groups in total. The predicted octanol–water partition coefficient (Wildman–Crippen LogP) is 3.12. The predicted molar refractivity (Wildman–Crippen MR) is 80.4 cm³/mol. The molecule has 1 unspecified atom stereocenters. The van der Waals surface area contributed by atoms with Gasteiger partial charge in [-0.3, -0.25) is 4.90 Å². The second kappa shape index (κ2) is 5.75. The molecule has 1 aromatic heterocycles. The highest BCUT2D eigenvalue weighted by Gasteiger charge is 2.20. The quantitative estimate of drug-likeness (QED) is 0.856. The summed E-state index contributed by atoms with van der Waals surface area (Å²) in [6, 6.07) is 9.22. The van der Waals surface area contributed by atoms with Gasteiger partial charge in [0.05, 0.1) is 0 Å². The van der Waals surface area contributed by atoms with E-state index < -0.39 is 0 Å². The van der Waals surface area contributed by atoms with Crippen molar-refractivity contribution in [2.75, 3.05) is 13.1 Å². The Hall–Kier alpha value is -1.68. The van der Waals surface area contributed by atoms with Crippen LogP contribution in [0.25, 0.3) is 11.4 Å². The first-order chi connectivity index (χ1) is 9.79. The largest absolute Gasteiger partial charge is 0.297 e. The van der Waals surface area contributed by atoms with Crippen LogP contribution in [0.4, 0.5) is 0 Å². The van der Waals surface area contributed by atoms with Crippen LogP contribution in [0.15, 0.2) is 30.6 Å². The fourth-order valence-corrected chi connectivity index (χ4v) is 3.00. The zero-order valence-corrected chi connectivity index (χ0v) is 12.3. The fourth-order valence-electron chi connectivity index (χ4n) is 3.00. The first kappa shape index (κ1) is 13.3. The zero-order chi connectivity index (χ0) is 13.9. The van der Waals surface area contributed by atoms with Gasteiger partial charge in [-0.25, -0.2) is 9.67 Å². The van der Waals surface area contributed by atoms with Crippen LogP contribution in [0.1, 0.15) is 38.3 Å². The Bertz CT molecular complexity index is 569. The summed E-state index contributed by atoms with van der Waals surface area (Å²) in [6.45, 7) is 7.68. The van der Waals surface area contributed by atoms with Gasteiger partial charge in [-0.1, -0.05) is 18.2 Å². The summed E-state index contributed by atoms with van der Waals surface area (Å²) in [5.74, 6) is 0.961. The minimum absolute atomic E-state index is 0.482. The summed E-state index contributed by atoms with van der Waals surface area (Å²) in [7, 11) is 0. The van der Waals surface area contributed by atoms with Crippen molar-refractivity contribution in [2.24, 2.45) is 0 Å². The van der Waals surface area contributed by atoms with E-state index in [0.29, 0.717) is 6.04 Å². The van der Waals surface area contributed by atoms with E-state index in [1.165, 1.54) is 31.5 Å². The number of hydrogen-bond acceptors (Lipinski definition) is 3. The number of aryl methyl sites for hydroxylation is 1. The average molecular weight is 270 g/mol. The van der Waals surface area contributed by atoms with E-state index in [-0.39, 0.29) is 0 Å². The monoisotopic (exact) mass is 270 g/mol. The molecular weight excluding hydrogens is 248 g/mol. The molecule has 1 aliphatic heterocycles. The maximum absolute atomic E-state index is 4.39. The lowest BCUT2D eigenvalue weighted by Crippen LogP contribution is -2.23. The summed E-state index contributed by atoms with van der Waals surface area (Å²) in [5, 5.41) is 4.26. The standard InChI is InChI=1S/C16H22N4/c1-3-20-16(17-12-18-20)15-8-6-7-14(11-15)13(2)19-9-4-5-10-19/h6-8,11-13H,3-5,9-10H2,1-2H3. The molecule has 0 amide bonds. The smallest absolute Gasteiger partial charge is 0.158 e. The van der Waals surface area contributed by atoms with Crippen LogP contribution in [0.5, 0.6) is 0 Å². The van der Waals surface area contributed by atoms with Gasteiger partial charge in [-0.15, -0.1) is 0 Å². The molecule has 106 valence electrons. The highest BCUT2D eigenvalue weighted by molar-refractivity contribution is 5.56. The van der Waals surface area contributed by atoms with Crippen molar-refractivity contribution in [1.29, 1.82) is 0 Å². The topological polar surface area (TPSA) is 34.0 Å². The van der Waals surface area contributed by atoms with E-state index in [1.807, 2.05) is 4.68 Å². The molecule has 4 heteroatoms. The molecule has 0 radical (unpaired) electrons. The van der Waals surface area contributed by atoms with Crippen molar-refractivity contribution in [1.82, 2.24) is 19.7 Å². The second-order valence-corrected chi connectivity index (χ2v) is 5.44. The Morgan fingerprint density at radius 2 is 2.05 bits per heavy atom. The third kappa shape index (κ3) is 2.48. The van der Waals surface area contributed by atoms with E-state index in [1.54, 1.807) is 6.33 Å². The Kier molecular flexibility index (Phi) is 3.83. The Balaban J connectivity index is 1.89. The van der Waals surface area contributed by atoms with Crippen LogP contribution < -0.4 is 0 Å². The Morgan fingerprint density at radius 1 is 1.25 bits per heavy atom. The van der Waals surface area contributed by atoms with Gasteiger partial charge >= 0.3 is 0 Å². The highest BCUT2D eigenvalue weighted by atomic mass is 15.3. The van der Waals surface area contributed by atoms with Crippen LogP contribution in [-0.4, -0.2) is 32.8 Å². The normalized spacial score (nSPS) is 17.5. The summed E-state index contributed by atoms with van der Waals surface area (Å²) < 4.78 is 1.94. The van der Waals surface area contributed by atoms with Gasteiger partial charge in [-0.2, -0.15) is 5.10 Å². The van der Waals surface area contributed by atoms with Crippen molar-refractivity contribution in [3.8, 4) is 11.4 Å². The van der Waals surface area contributed by atoms with E-state index in [4.69, 9.17) is 0 Å². The van der Waals surface area contributed by atoms with Crippen LogP contribution in [0.2, 0.25) is 0 Å². The molecule has 2 heterocycles. The first-order valence-corrected chi connectivity index (χ1v) is 7.51. The van der Waals surface area contributed by atoms with Crippen molar-refractivity contribution in [2.45, 2.75) is 39.3 Å². The maximum Gasteiger partial charge on any atom is 0.158 e. The molecule has 20 heavy (non-hydrogen) atoms. The summed E-state index contributed by atoms with van der Waals surface area (Å²) in [5.41, 5.74) is 2.53. The fraction of sp³-hybridized carbons (Fsp3) is 0.500. The minimum Gasteiger partial charge on any atom is -0.297 e. The third-order valence-electron chi connectivity index (χ3n) is 4.23. The zero-order valence-electron chi connectivity index (χ0n) is 12.3. The lowest BCUT2D eigenvalue weighted by molar-refractivity contribution is 0.263. The lowest BCUT2D eigenvalue weighted by Gasteiger charge is -2.24. The highest BCUT2D eigenvalue weighted by Crippen LogP contribution is 2.27. The van der Waals surface area contributed by atoms with Crippen LogP contribution in [0, 0.1) is 0 Å². The Labute approximate surface area is 120 Å². The molecule has 1 atom stereocenters. The van der Waals surface area contributed by atoms with Gasteiger partial charge < -0.3 is 0 Å². The number of nitrogens with zero attached hydrogens (tertiary/aromatic N) is 4. The van der Waals surface area contributed by atoms with E-state index in [9.17, 15) is 0 Å². The van der Waals surface area contributed by atoms with Crippen LogP contribution in [0.3, 0.4) is 0 Å². The summed E-state index contributed by atoms with van der Waals surface area (Å²) in [4.78, 5) is 6.95. The molecule has 0 saturated carbocycles. The molecule has 1 aromatic carbocycles. The van der Waals surface area contributed by atoms with E-state index >= 15 is 0 Å².